The first-order valence-corrected chi connectivity index (χ1v) is 20.8. The highest BCUT2D eigenvalue weighted by Gasteiger charge is 2.22. The Morgan fingerprint density at radius 1 is 0.344 bits per heavy atom. The molecule has 0 aliphatic carbocycles. The van der Waals surface area contributed by atoms with Crippen molar-refractivity contribution in [1.29, 1.82) is 0 Å². The maximum Gasteiger partial charge on any atom is 0.136 e. The van der Waals surface area contributed by atoms with Gasteiger partial charge in [0.15, 0.2) is 0 Å². The Morgan fingerprint density at radius 3 is 1.74 bits per heavy atom. The molecule has 12 rings (SSSR count). The molecule has 286 valence electrons. The van der Waals surface area contributed by atoms with Crippen LogP contribution in [0.3, 0.4) is 0 Å². The third-order valence-electron chi connectivity index (χ3n) is 12.2. The van der Waals surface area contributed by atoms with Crippen molar-refractivity contribution in [3.8, 4) is 39.1 Å². The Hall–Kier alpha value is -8.14. The fraction of sp³-hybridized carbons (Fsp3) is 0. The topological polar surface area (TPSA) is 21.3 Å². The number of nitrogens with zero attached hydrogens (tertiary/aromatic N) is 2. The summed E-state index contributed by atoms with van der Waals surface area (Å²) in [6.45, 7) is 0. The van der Waals surface area contributed by atoms with E-state index in [0.717, 1.165) is 66.9 Å². The van der Waals surface area contributed by atoms with E-state index in [1.165, 1.54) is 43.8 Å². The summed E-state index contributed by atoms with van der Waals surface area (Å²) in [5.74, 6) is 0. The number of para-hydroxylation sites is 4. The van der Waals surface area contributed by atoms with E-state index >= 15 is 0 Å². The molecule has 0 aliphatic rings. The molecule has 0 spiro atoms. The monoisotopic (exact) mass is 778 g/mol. The first-order valence-electron chi connectivity index (χ1n) is 20.8. The summed E-state index contributed by atoms with van der Waals surface area (Å²) >= 11 is 0. The van der Waals surface area contributed by atoms with Crippen LogP contribution in [0.2, 0.25) is 0 Å². The van der Waals surface area contributed by atoms with Crippen molar-refractivity contribution in [3.63, 3.8) is 0 Å². The average molecular weight is 779 g/mol. The molecule has 3 nitrogen and oxygen atoms in total. The summed E-state index contributed by atoms with van der Waals surface area (Å²) in [6, 6.07) is 83.0. The number of benzene rings is 10. The number of fused-ring (bicyclic) bond motifs is 7. The Bertz CT molecular complexity index is 3580. The van der Waals surface area contributed by atoms with Gasteiger partial charge in [0.1, 0.15) is 11.2 Å². The Labute approximate surface area is 353 Å². The van der Waals surface area contributed by atoms with E-state index in [1.807, 2.05) is 12.1 Å². The first-order chi connectivity index (χ1) is 30.3. The molecule has 0 amide bonds. The van der Waals surface area contributed by atoms with Crippen molar-refractivity contribution in [3.05, 3.63) is 231 Å². The van der Waals surface area contributed by atoms with E-state index < -0.39 is 0 Å². The molecule has 0 aliphatic heterocycles. The molecule has 61 heavy (non-hydrogen) atoms. The van der Waals surface area contributed by atoms with E-state index in [9.17, 15) is 0 Å². The smallest absolute Gasteiger partial charge is 0.136 e. The quantitative estimate of drug-likeness (QED) is 0.161. The lowest BCUT2D eigenvalue weighted by Gasteiger charge is -2.29. The van der Waals surface area contributed by atoms with Crippen LogP contribution in [0.1, 0.15) is 0 Å². The second-order valence-corrected chi connectivity index (χ2v) is 15.6. The van der Waals surface area contributed by atoms with Crippen LogP contribution in [0.5, 0.6) is 0 Å². The van der Waals surface area contributed by atoms with Crippen LogP contribution in [0.25, 0.3) is 93.6 Å². The van der Waals surface area contributed by atoms with Gasteiger partial charge in [0.2, 0.25) is 0 Å². The first kappa shape index (κ1) is 34.9. The molecule has 2 heterocycles. The lowest BCUT2D eigenvalue weighted by Crippen LogP contribution is -2.11. The molecule has 0 unspecified atom stereocenters. The lowest BCUT2D eigenvalue weighted by atomic mass is 9.90. The molecule has 0 N–H and O–H groups in total. The van der Waals surface area contributed by atoms with Crippen LogP contribution in [0.15, 0.2) is 235 Å². The molecule has 0 saturated heterocycles. The fourth-order valence-electron chi connectivity index (χ4n) is 9.51. The largest absolute Gasteiger partial charge is 0.456 e. The van der Waals surface area contributed by atoms with Crippen LogP contribution in [0.4, 0.5) is 17.1 Å². The summed E-state index contributed by atoms with van der Waals surface area (Å²) in [6.07, 6.45) is 0. The van der Waals surface area contributed by atoms with Crippen LogP contribution in [0, 0.1) is 0 Å². The number of rotatable bonds is 7. The molecular formula is C58H38N2O. The Kier molecular flexibility index (Phi) is 8.17. The third kappa shape index (κ3) is 5.74. The molecular weight excluding hydrogens is 741 g/mol. The zero-order chi connectivity index (χ0) is 40.3. The molecule has 0 fully saturated rings. The number of aromatic nitrogens is 1. The molecule has 3 heteroatoms. The van der Waals surface area contributed by atoms with Gasteiger partial charge in [-0.1, -0.05) is 170 Å². The highest BCUT2D eigenvalue weighted by atomic mass is 16.3. The molecule has 12 aromatic rings. The fourth-order valence-corrected chi connectivity index (χ4v) is 9.51. The average Bonchev–Trinajstić information content (AvgIpc) is 3.88. The van der Waals surface area contributed by atoms with Crippen molar-refractivity contribution in [2.75, 3.05) is 4.90 Å². The molecule has 10 aromatic carbocycles. The number of hydrogen-bond acceptors (Lipinski definition) is 2. The van der Waals surface area contributed by atoms with Gasteiger partial charge >= 0.3 is 0 Å². The van der Waals surface area contributed by atoms with Gasteiger partial charge in [-0.25, -0.2) is 0 Å². The number of hydrogen-bond donors (Lipinski definition) is 0. The summed E-state index contributed by atoms with van der Waals surface area (Å²) in [5, 5.41) is 7.15. The van der Waals surface area contributed by atoms with Gasteiger partial charge in [0, 0.05) is 44.2 Å². The van der Waals surface area contributed by atoms with Gasteiger partial charge in [-0.3, -0.25) is 0 Å². The molecule has 0 atom stereocenters. The van der Waals surface area contributed by atoms with Crippen molar-refractivity contribution in [1.82, 2.24) is 4.57 Å². The minimum Gasteiger partial charge on any atom is -0.456 e. The van der Waals surface area contributed by atoms with E-state index in [2.05, 4.69) is 228 Å². The van der Waals surface area contributed by atoms with E-state index in [-0.39, 0.29) is 0 Å². The van der Waals surface area contributed by atoms with Gasteiger partial charge in [-0.15, -0.1) is 0 Å². The minimum atomic E-state index is 0.894. The Balaban J connectivity index is 1.10. The second-order valence-electron chi connectivity index (χ2n) is 15.6. The third-order valence-corrected chi connectivity index (χ3v) is 12.2. The van der Waals surface area contributed by atoms with Crippen LogP contribution in [-0.2, 0) is 0 Å². The number of anilines is 3. The van der Waals surface area contributed by atoms with Crippen molar-refractivity contribution in [2.45, 2.75) is 0 Å². The molecule has 0 saturated carbocycles. The van der Waals surface area contributed by atoms with Gasteiger partial charge < -0.3 is 13.9 Å². The summed E-state index contributed by atoms with van der Waals surface area (Å²) in [5.41, 5.74) is 15.5. The van der Waals surface area contributed by atoms with Crippen LogP contribution < -0.4 is 4.90 Å². The van der Waals surface area contributed by atoms with Crippen LogP contribution >= 0.6 is 0 Å². The zero-order valence-electron chi connectivity index (χ0n) is 33.2. The molecule has 0 radical (unpaired) electrons. The Morgan fingerprint density at radius 2 is 0.918 bits per heavy atom. The summed E-state index contributed by atoms with van der Waals surface area (Å²) in [7, 11) is 0. The molecule has 2 aromatic heterocycles. The highest BCUT2D eigenvalue weighted by molar-refractivity contribution is 6.14. The normalized spacial score (nSPS) is 11.6. The van der Waals surface area contributed by atoms with Crippen molar-refractivity contribution < 1.29 is 4.42 Å². The van der Waals surface area contributed by atoms with E-state index in [4.69, 9.17) is 4.42 Å². The minimum absolute atomic E-state index is 0.894. The maximum absolute atomic E-state index is 6.30. The van der Waals surface area contributed by atoms with Crippen molar-refractivity contribution in [2.24, 2.45) is 0 Å². The van der Waals surface area contributed by atoms with Gasteiger partial charge in [0.25, 0.3) is 0 Å². The van der Waals surface area contributed by atoms with E-state index in [1.54, 1.807) is 0 Å². The van der Waals surface area contributed by atoms with Gasteiger partial charge in [-0.05, 0) is 99.3 Å². The lowest BCUT2D eigenvalue weighted by molar-refractivity contribution is 0.669. The molecule has 0 bridgehead atoms. The zero-order valence-corrected chi connectivity index (χ0v) is 33.2. The van der Waals surface area contributed by atoms with Gasteiger partial charge in [0.05, 0.1) is 16.7 Å². The SMILES string of the molecule is c1ccc(-c2cccc3cccc(-c4ccccc4N(c4ccc(-c5cccc6oc7ccccc7c56)cc4)c4ccc5c6ccccc6n(-c6ccccc6)c5c4)c23)cc1. The summed E-state index contributed by atoms with van der Waals surface area (Å²) < 4.78 is 8.70. The standard InChI is InChI=1S/C58H38N2O/c1-3-16-39(17-4-1)45-25-13-18-41-19-14-27-50(57(41)45)48-23-8-10-28-52(48)59(43-34-32-40(33-35-43)46-26-15-31-56-58(46)51-24-9-12-30-55(51)61-56)44-36-37-49-47-22-7-11-29-53(47)60(54(49)38-44)42-20-5-2-6-21-42/h1-38H. The highest BCUT2D eigenvalue weighted by Crippen LogP contribution is 2.47. The maximum atomic E-state index is 6.30. The van der Waals surface area contributed by atoms with Crippen molar-refractivity contribution >= 4 is 71.6 Å². The predicted molar refractivity (Wildman–Crippen MR) is 257 cm³/mol. The number of furan rings is 1. The second kappa shape index (κ2) is 14.3. The van der Waals surface area contributed by atoms with Gasteiger partial charge in [-0.2, -0.15) is 0 Å². The van der Waals surface area contributed by atoms with E-state index in [0.29, 0.717) is 0 Å². The summed E-state index contributed by atoms with van der Waals surface area (Å²) in [4.78, 5) is 2.43. The van der Waals surface area contributed by atoms with Crippen LogP contribution in [-0.4, -0.2) is 4.57 Å². The predicted octanol–water partition coefficient (Wildman–Crippen LogP) is 16.3.